The van der Waals surface area contributed by atoms with Crippen LogP contribution in [0.15, 0.2) is 66.7 Å². The summed E-state index contributed by atoms with van der Waals surface area (Å²) in [7, 11) is 0. The van der Waals surface area contributed by atoms with E-state index in [1.165, 1.54) is 121 Å². The molecule has 0 amide bonds. The minimum atomic E-state index is -1.01. The maximum Gasteiger partial charge on any atom is 0.335 e. The Labute approximate surface area is 286 Å². The van der Waals surface area contributed by atoms with E-state index in [9.17, 15) is 9.59 Å². The quantitative estimate of drug-likeness (QED) is 0.0730. The van der Waals surface area contributed by atoms with Gasteiger partial charge in [-0.05, 0) is 67.1 Å². The molecule has 0 aliphatic rings. The molecule has 3 aromatic carbocycles. The highest BCUT2D eigenvalue weighted by atomic mass is 16.5. The van der Waals surface area contributed by atoms with Gasteiger partial charge in [-0.2, -0.15) is 0 Å². The van der Waals surface area contributed by atoms with Gasteiger partial charge in [0.1, 0.15) is 29.6 Å². The zero-order chi connectivity index (χ0) is 34.2. The molecule has 0 saturated carbocycles. The Morgan fingerprint density at radius 1 is 0.542 bits per heavy atom. The van der Waals surface area contributed by atoms with E-state index in [2.05, 4.69) is 18.8 Å². The van der Waals surface area contributed by atoms with Gasteiger partial charge in [0.05, 0.1) is 11.1 Å². The molecule has 0 aromatic heterocycles. The number of benzene rings is 3. The first-order valence-corrected chi connectivity index (χ1v) is 17.7. The third kappa shape index (κ3) is 16.0. The zero-order valence-electron chi connectivity index (χ0n) is 28.5. The fraction of sp³-hybridized carbons (Fsp3) is 0.463. The van der Waals surface area contributed by atoms with E-state index in [0.29, 0.717) is 41.8 Å². The van der Waals surface area contributed by atoms with Crippen molar-refractivity contribution in [1.82, 2.24) is 0 Å². The van der Waals surface area contributed by atoms with E-state index in [1.807, 2.05) is 0 Å². The Balaban J connectivity index is 1.37. The number of hydrogen-bond acceptors (Lipinski definition) is 5. The van der Waals surface area contributed by atoms with E-state index < -0.39 is 11.9 Å². The Kier molecular flexibility index (Phi) is 18.4. The number of unbranched alkanes of at least 4 members (excludes halogenated alkanes) is 15. The van der Waals surface area contributed by atoms with Crippen molar-refractivity contribution in [3.8, 4) is 34.8 Å². The minimum Gasteiger partial charge on any atom is -0.478 e. The fourth-order valence-corrected chi connectivity index (χ4v) is 5.38. The largest absolute Gasteiger partial charge is 0.478 e. The molecule has 0 bridgehead atoms. The monoisotopic (exact) mass is 656 g/mol. The molecule has 7 nitrogen and oxygen atoms in total. The lowest BCUT2D eigenvalue weighted by atomic mass is 10.0. The van der Waals surface area contributed by atoms with Gasteiger partial charge >= 0.3 is 11.9 Å². The van der Waals surface area contributed by atoms with Crippen LogP contribution >= 0.6 is 0 Å². The van der Waals surface area contributed by atoms with E-state index in [-0.39, 0.29) is 11.1 Å². The van der Waals surface area contributed by atoms with Crippen LogP contribution in [0, 0.1) is 11.8 Å². The van der Waals surface area contributed by atoms with Crippen LogP contribution in [0.5, 0.6) is 23.0 Å². The second kappa shape index (κ2) is 23.1. The van der Waals surface area contributed by atoms with Crippen LogP contribution in [-0.4, -0.2) is 35.4 Å². The van der Waals surface area contributed by atoms with E-state index in [4.69, 9.17) is 24.4 Å². The van der Waals surface area contributed by atoms with Gasteiger partial charge in [0.15, 0.2) is 0 Å². The first-order valence-electron chi connectivity index (χ1n) is 17.7. The molecule has 0 atom stereocenters. The van der Waals surface area contributed by atoms with Crippen molar-refractivity contribution in [1.29, 1.82) is 0 Å². The fourth-order valence-electron chi connectivity index (χ4n) is 5.38. The summed E-state index contributed by atoms with van der Waals surface area (Å²) in [5.74, 6) is 5.98. The number of rotatable bonds is 24. The summed E-state index contributed by atoms with van der Waals surface area (Å²) in [5.41, 5.74) is 0.976. The van der Waals surface area contributed by atoms with Crippen molar-refractivity contribution >= 4 is 11.9 Å². The summed E-state index contributed by atoms with van der Waals surface area (Å²) < 4.78 is 17.7. The summed E-state index contributed by atoms with van der Waals surface area (Å²) in [6, 6.07) is 17.5. The molecule has 0 unspecified atom stereocenters. The number of hydrogen-bond donors (Lipinski definition) is 2. The molecule has 0 radical (unpaired) electrons. The first-order chi connectivity index (χ1) is 23.4. The molecule has 7 heteroatoms. The third-order valence-corrected chi connectivity index (χ3v) is 8.10. The molecule has 2 N–H and O–H groups in total. The van der Waals surface area contributed by atoms with Gasteiger partial charge in [-0.3, -0.25) is 0 Å². The minimum absolute atomic E-state index is 0.162. The predicted octanol–water partition coefficient (Wildman–Crippen LogP) is 11.3. The van der Waals surface area contributed by atoms with Crippen molar-refractivity contribution in [3.05, 3.63) is 83.4 Å². The van der Waals surface area contributed by atoms with Gasteiger partial charge in [0.25, 0.3) is 0 Å². The Morgan fingerprint density at radius 2 is 0.938 bits per heavy atom. The molecule has 48 heavy (non-hydrogen) atoms. The highest BCUT2D eigenvalue weighted by Gasteiger charge is 2.08. The van der Waals surface area contributed by atoms with Gasteiger partial charge in [0.2, 0.25) is 0 Å². The molecule has 0 spiro atoms. The van der Waals surface area contributed by atoms with Crippen molar-refractivity contribution < 1.29 is 34.0 Å². The zero-order valence-corrected chi connectivity index (χ0v) is 28.5. The third-order valence-electron chi connectivity index (χ3n) is 8.10. The molecular weight excluding hydrogens is 604 g/mol. The van der Waals surface area contributed by atoms with Crippen LogP contribution in [0.4, 0.5) is 0 Å². The number of carboxylic acids is 2. The van der Waals surface area contributed by atoms with Gasteiger partial charge in [0, 0.05) is 18.2 Å². The van der Waals surface area contributed by atoms with Crippen LogP contribution in [0.25, 0.3) is 0 Å². The number of aromatic carboxylic acids is 2. The standard InChI is InChI=1S/C41H52O7/c1-2-3-4-5-6-7-8-9-10-11-12-13-14-15-16-17-28-46-29-18-19-33-30-38(47-36-24-20-34(21-25-36)40(42)43)32-39(31-33)48-37-26-22-35(23-27-37)41(44)45/h20-27,30-32H,2-17,28-29H2,1H3,(H,42,43)(H,44,45). The van der Waals surface area contributed by atoms with Crippen LogP contribution < -0.4 is 9.47 Å². The molecule has 258 valence electrons. The molecule has 3 rings (SSSR count). The van der Waals surface area contributed by atoms with Crippen molar-refractivity contribution in [3.63, 3.8) is 0 Å². The Bertz CT molecular complexity index is 1340. The molecule has 0 aliphatic carbocycles. The van der Waals surface area contributed by atoms with Crippen LogP contribution in [0.1, 0.15) is 136 Å². The van der Waals surface area contributed by atoms with Crippen LogP contribution in [0.3, 0.4) is 0 Å². The van der Waals surface area contributed by atoms with E-state index in [0.717, 1.165) is 6.42 Å². The van der Waals surface area contributed by atoms with Crippen molar-refractivity contribution in [2.45, 2.75) is 110 Å². The molecule has 3 aromatic rings. The van der Waals surface area contributed by atoms with Gasteiger partial charge in [-0.15, -0.1) is 0 Å². The SMILES string of the molecule is CCCCCCCCCCCCCCCCCCOCC#Cc1cc(Oc2ccc(C(=O)O)cc2)cc(Oc2ccc(C(=O)O)cc2)c1. The van der Waals surface area contributed by atoms with E-state index >= 15 is 0 Å². The Hall–Kier alpha value is -4.28. The molecule has 0 saturated heterocycles. The predicted molar refractivity (Wildman–Crippen MR) is 191 cm³/mol. The lowest BCUT2D eigenvalue weighted by Crippen LogP contribution is -1.96. The van der Waals surface area contributed by atoms with Gasteiger partial charge in [-0.1, -0.05) is 115 Å². The summed E-state index contributed by atoms with van der Waals surface area (Å²) >= 11 is 0. The second-order valence-corrected chi connectivity index (χ2v) is 12.2. The van der Waals surface area contributed by atoms with Crippen LogP contribution in [0.2, 0.25) is 0 Å². The van der Waals surface area contributed by atoms with Gasteiger partial charge in [-0.25, -0.2) is 9.59 Å². The van der Waals surface area contributed by atoms with Crippen molar-refractivity contribution in [2.24, 2.45) is 0 Å². The summed E-state index contributed by atoms with van der Waals surface area (Å²) in [6.45, 7) is 3.27. The molecule has 0 fully saturated rings. The second-order valence-electron chi connectivity index (χ2n) is 12.2. The molecular formula is C41H52O7. The summed E-state index contributed by atoms with van der Waals surface area (Å²) in [4.78, 5) is 22.4. The number of ether oxygens (including phenoxy) is 3. The average molecular weight is 657 g/mol. The number of carbonyl (C=O) groups is 2. The first kappa shape index (κ1) is 38.2. The highest BCUT2D eigenvalue weighted by molar-refractivity contribution is 5.88. The lowest BCUT2D eigenvalue weighted by molar-refractivity contribution is 0.0686. The highest BCUT2D eigenvalue weighted by Crippen LogP contribution is 2.30. The summed E-state index contributed by atoms with van der Waals surface area (Å²) in [5, 5.41) is 18.3. The Morgan fingerprint density at radius 3 is 1.33 bits per heavy atom. The average Bonchev–Trinajstić information content (AvgIpc) is 3.08. The maximum atomic E-state index is 11.2. The molecule has 0 aliphatic heterocycles. The molecule has 0 heterocycles. The van der Waals surface area contributed by atoms with Crippen LogP contribution in [-0.2, 0) is 4.74 Å². The van der Waals surface area contributed by atoms with Gasteiger partial charge < -0.3 is 24.4 Å². The maximum absolute atomic E-state index is 11.2. The summed E-state index contributed by atoms with van der Waals surface area (Å²) in [6.07, 6.45) is 21.4. The van der Waals surface area contributed by atoms with E-state index in [1.54, 1.807) is 42.5 Å². The normalized spacial score (nSPS) is 10.7. The van der Waals surface area contributed by atoms with Crippen molar-refractivity contribution in [2.75, 3.05) is 13.2 Å². The number of carboxylic acid groups (broad SMARTS) is 2. The lowest BCUT2D eigenvalue weighted by Gasteiger charge is -2.11. The topological polar surface area (TPSA) is 102 Å². The smallest absolute Gasteiger partial charge is 0.335 e.